The Morgan fingerprint density at radius 2 is 0.825 bits per heavy atom. The van der Waals surface area contributed by atoms with Crippen molar-refractivity contribution in [3.8, 4) is 45.6 Å². The minimum Gasteiger partial charge on any atom is -0.493 e. The molecule has 63 heavy (non-hydrogen) atoms. The molecular formula is C53H52O10. The van der Waals surface area contributed by atoms with Gasteiger partial charge in [-0.3, -0.25) is 0 Å². The van der Waals surface area contributed by atoms with E-state index >= 15 is 0 Å². The Morgan fingerprint density at radius 3 is 1.24 bits per heavy atom. The number of rotatable bonds is 20. The first-order chi connectivity index (χ1) is 30.6. The van der Waals surface area contributed by atoms with Gasteiger partial charge in [-0.25, -0.2) is 19.2 Å². The molecule has 10 nitrogen and oxygen atoms in total. The minimum atomic E-state index is -0.581. The van der Waals surface area contributed by atoms with Crippen LogP contribution in [-0.4, -0.2) is 37.1 Å². The SMILES string of the molecule is CCCCC(CC)COc1ccc(C(=O)Oc2ccc(C(=O)Oc3cccc(-c4ccc(OC(=O)c5ccc(OC(=O)c6ccc(OC[C@@H](C)CC)cc6)cc5)cc4)c3)cc2)cc1. The number of hydrogen-bond acceptors (Lipinski definition) is 10. The fourth-order valence-electron chi connectivity index (χ4n) is 6.28. The lowest BCUT2D eigenvalue weighted by Gasteiger charge is -2.15. The van der Waals surface area contributed by atoms with E-state index in [1.54, 1.807) is 91.0 Å². The van der Waals surface area contributed by atoms with Crippen molar-refractivity contribution in [1.29, 1.82) is 0 Å². The number of ether oxygens (including phenoxy) is 6. The van der Waals surface area contributed by atoms with Crippen molar-refractivity contribution in [2.45, 2.75) is 59.8 Å². The van der Waals surface area contributed by atoms with Crippen LogP contribution in [0.2, 0.25) is 0 Å². The summed E-state index contributed by atoms with van der Waals surface area (Å²) in [6.45, 7) is 9.82. The van der Waals surface area contributed by atoms with Gasteiger partial charge in [0.15, 0.2) is 0 Å². The lowest BCUT2D eigenvalue weighted by atomic mass is 10.0. The zero-order chi connectivity index (χ0) is 44.6. The maximum atomic E-state index is 13.0. The first kappa shape index (κ1) is 45.3. The van der Waals surface area contributed by atoms with Crippen molar-refractivity contribution < 1.29 is 47.6 Å². The molecule has 0 saturated heterocycles. The lowest BCUT2D eigenvalue weighted by molar-refractivity contribution is 0.0720. The van der Waals surface area contributed by atoms with Crippen molar-refractivity contribution >= 4 is 23.9 Å². The number of carbonyl (C=O) groups excluding carboxylic acids is 4. The molecule has 0 bridgehead atoms. The number of carbonyl (C=O) groups is 4. The average molecular weight is 849 g/mol. The molecule has 6 aromatic rings. The van der Waals surface area contributed by atoms with Gasteiger partial charge in [-0.15, -0.1) is 0 Å². The third-order valence-corrected chi connectivity index (χ3v) is 10.5. The van der Waals surface area contributed by atoms with Gasteiger partial charge in [0.1, 0.15) is 34.5 Å². The average Bonchev–Trinajstić information content (AvgIpc) is 3.31. The molecule has 0 heterocycles. The third kappa shape index (κ3) is 13.4. The number of hydrogen-bond donors (Lipinski definition) is 0. The van der Waals surface area contributed by atoms with Gasteiger partial charge in [-0.2, -0.15) is 0 Å². The first-order valence-corrected chi connectivity index (χ1v) is 21.4. The molecule has 0 aliphatic rings. The van der Waals surface area contributed by atoms with Gasteiger partial charge in [-0.05, 0) is 151 Å². The number of benzene rings is 6. The Kier molecular flexibility index (Phi) is 16.3. The van der Waals surface area contributed by atoms with Crippen molar-refractivity contribution in [3.05, 3.63) is 168 Å². The molecule has 0 N–H and O–H groups in total. The fourth-order valence-corrected chi connectivity index (χ4v) is 6.28. The van der Waals surface area contributed by atoms with Gasteiger partial charge in [0.05, 0.1) is 35.5 Å². The molecule has 0 fully saturated rings. The second-order valence-corrected chi connectivity index (χ2v) is 15.3. The highest BCUT2D eigenvalue weighted by Crippen LogP contribution is 2.28. The zero-order valence-corrected chi connectivity index (χ0v) is 36.0. The van der Waals surface area contributed by atoms with Crippen LogP contribution in [0.5, 0.6) is 34.5 Å². The molecule has 0 radical (unpaired) electrons. The highest BCUT2D eigenvalue weighted by atomic mass is 16.5. The maximum absolute atomic E-state index is 13.0. The summed E-state index contributed by atoms with van der Waals surface area (Å²) >= 11 is 0. The Bertz CT molecular complexity index is 2420. The van der Waals surface area contributed by atoms with Gasteiger partial charge in [0, 0.05) is 0 Å². The fraction of sp³-hybridized carbons (Fsp3) is 0.245. The van der Waals surface area contributed by atoms with Crippen molar-refractivity contribution in [1.82, 2.24) is 0 Å². The second kappa shape index (κ2) is 22.6. The molecule has 0 spiro atoms. The molecule has 1 unspecified atom stereocenters. The topological polar surface area (TPSA) is 124 Å². The summed E-state index contributed by atoms with van der Waals surface area (Å²) in [5, 5.41) is 0. The molecular weight excluding hydrogens is 797 g/mol. The van der Waals surface area contributed by atoms with Gasteiger partial charge >= 0.3 is 23.9 Å². The van der Waals surface area contributed by atoms with Gasteiger partial charge in [-0.1, -0.05) is 77.6 Å². The molecule has 10 heteroatoms. The van der Waals surface area contributed by atoms with Crippen LogP contribution >= 0.6 is 0 Å². The highest BCUT2D eigenvalue weighted by molar-refractivity contribution is 5.94. The predicted molar refractivity (Wildman–Crippen MR) is 241 cm³/mol. The molecule has 0 amide bonds. The van der Waals surface area contributed by atoms with Gasteiger partial charge in [0.2, 0.25) is 0 Å². The Morgan fingerprint density at radius 1 is 0.429 bits per heavy atom. The van der Waals surface area contributed by atoms with E-state index < -0.39 is 23.9 Å². The van der Waals surface area contributed by atoms with Crippen LogP contribution in [0.25, 0.3) is 11.1 Å². The molecule has 0 aliphatic heterocycles. The Balaban J connectivity index is 0.960. The number of unbranched alkanes of at least 4 members (excludes halogenated alkanes) is 1. The van der Waals surface area contributed by atoms with Gasteiger partial charge in [0.25, 0.3) is 0 Å². The van der Waals surface area contributed by atoms with Crippen LogP contribution in [0.4, 0.5) is 0 Å². The Labute approximate surface area is 368 Å². The summed E-state index contributed by atoms with van der Waals surface area (Å²) in [5.74, 6) is 1.33. The monoisotopic (exact) mass is 848 g/mol. The lowest BCUT2D eigenvalue weighted by Crippen LogP contribution is -2.12. The molecule has 6 rings (SSSR count). The van der Waals surface area contributed by atoms with Crippen molar-refractivity contribution in [3.63, 3.8) is 0 Å². The van der Waals surface area contributed by atoms with E-state index in [0.29, 0.717) is 59.2 Å². The molecule has 0 saturated carbocycles. The van der Waals surface area contributed by atoms with E-state index in [4.69, 9.17) is 28.4 Å². The maximum Gasteiger partial charge on any atom is 0.343 e. The summed E-state index contributed by atoms with van der Waals surface area (Å²) in [4.78, 5) is 51.4. The molecule has 324 valence electrons. The predicted octanol–water partition coefficient (Wildman–Crippen LogP) is 12.3. The third-order valence-electron chi connectivity index (χ3n) is 10.5. The van der Waals surface area contributed by atoms with Crippen LogP contribution in [-0.2, 0) is 0 Å². The summed E-state index contributed by atoms with van der Waals surface area (Å²) < 4.78 is 34.0. The Hall–Kier alpha value is -7.20. The largest absolute Gasteiger partial charge is 0.493 e. The smallest absolute Gasteiger partial charge is 0.343 e. The van der Waals surface area contributed by atoms with Gasteiger partial charge < -0.3 is 28.4 Å². The van der Waals surface area contributed by atoms with Crippen LogP contribution in [0.1, 0.15) is 101 Å². The summed E-state index contributed by atoms with van der Waals surface area (Å²) in [6.07, 6.45) is 5.56. The van der Waals surface area contributed by atoms with Crippen LogP contribution in [0, 0.1) is 11.8 Å². The molecule has 0 aliphatic carbocycles. The van der Waals surface area contributed by atoms with E-state index in [-0.39, 0.29) is 22.6 Å². The second-order valence-electron chi connectivity index (χ2n) is 15.3. The van der Waals surface area contributed by atoms with E-state index in [1.165, 1.54) is 55.0 Å². The van der Waals surface area contributed by atoms with Crippen LogP contribution < -0.4 is 28.4 Å². The molecule has 2 atom stereocenters. The van der Waals surface area contributed by atoms with Crippen LogP contribution in [0.3, 0.4) is 0 Å². The van der Waals surface area contributed by atoms with Crippen molar-refractivity contribution in [2.24, 2.45) is 11.8 Å². The zero-order valence-electron chi connectivity index (χ0n) is 36.0. The highest BCUT2D eigenvalue weighted by Gasteiger charge is 2.16. The van der Waals surface area contributed by atoms with E-state index in [2.05, 4.69) is 27.7 Å². The number of esters is 4. The summed E-state index contributed by atoms with van der Waals surface area (Å²) in [5.41, 5.74) is 2.87. The standard InChI is InChI=1S/C53H52O10/c1-5-8-10-37(7-3)35-59-45-25-17-40(18-26-45)51(55)62-48-31-21-42(22-32-48)53(57)63-49-12-9-11-43(33-49)38-13-27-46(28-14-38)60-52(56)41-19-29-47(30-20-41)61-50(54)39-15-23-44(24-16-39)58-34-36(4)6-2/h9,11-33,36-37H,5-8,10,34-35H2,1-4H3/t36-,37?/m0/s1. The quantitative estimate of drug-likeness (QED) is 0.0542. The van der Waals surface area contributed by atoms with E-state index in [0.717, 1.165) is 36.8 Å². The van der Waals surface area contributed by atoms with Crippen LogP contribution in [0.15, 0.2) is 146 Å². The normalized spacial score (nSPS) is 11.7. The van der Waals surface area contributed by atoms with E-state index in [1.807, 2.05) is 6.07 Å². The summed E-state index contributed by atoms with van der Waals surface area (Å²) in [6, 6.07) is 39.8. The van der Waals surface area contributed by atoms with E-state index in [9.17, 15) is 19.2 Å². The first-order valence-electron chi connectivity index (χ1n) is 21.4. The van der Waals surface area contributed by atoms with Crippen molar-refractivity contribution in [2.75, 3.05) is 13.2 Å². The summed E-state index contributed by atoms with van der Waals surface area (Å²) in [7, 11) is 0. The molecule has 0 aromatic heterocycles. The molecule has 6 aromatic carbocycles. The minimum absolute atomic E-state index is 0.275.